The number of aliphatic hydroxyl groups is 2. The summed E-state index contributed by atoms with van der Waals surface area (Å²) in [4.78, 5) is 0. The van der Waals surface area contributed by atoms with Crippen molar-refractivity contribution in [1.29, 1.82) is 0 Å². The normalized spacial score (nSPS) is 32.1. The van der Waals surface area contributed by atoms with E-state index >= 15 is 0 Å². The minimum Gasteiger partial charge on any atom is -0.390 e. The molecule has 0 amide bonds. The zero-order valence-corrected chi connectivity index (χ0v) is 9.29. The topological polar surface area (TPSA) is 40.5 Å². The Labute approximate surface area is 95.9 Å². The molecule has 86 valence electrons. The number of rotatable bonds is 4. The summed E-state index contributed by atoms with van der Waals surface area (Å²) in [7, 11) is 0. The molecule has 1 aromatic rings. The lowest BCUT2D eigenvalue weighted by molar-refractivity contribution is -0.00758. The van der Waals surface area contributed by atoms with E-state index in [0.717, 1.165) is 19.3 Å². The molecular formula is C14H18O2. The van der Waals surface area contributed by atoms with Crippen LogP contribution in [0.3, 0.4) is 0 Å². The molecule has 2 aliphatic carbocycles. The van der Waals surface area contributed by atoms with Crippen LogP contribution < -0.4 is 0 Å². The van der Waals surface area contributed by atoms with Crippen molar-refractivity contribution >= 4 is 0 Å². The average molecular weight is 218 g/mol. The molecule has 16 heavy (non-hydrogen) atoms. The standard InChI is InChI=1S/C14H18O2/c15-13(10-6-7-10)14(16)12-8-11(12)9-4-2-1-3-5-9/h1-5,10-16H,6-8H2. The molecule has 0 aliphatic heterocycles. The van der Waals surface area contributed by atoms with Gasteiger partial charge in [0, 0.05) is 0 Å². The zero-order chi connectivity index (χ0) is 11.1. The molecule has 0 bridgehead atoms. The third-order valence-electron chi connectivity index (χ3n) is 3.96. The van der Waals surface area contributed by atoms with Gasteiger partial charge in [-0.05, 0) is 42.6 Å². The molecule has 4 atom stereocenters. The summed E-state index contributed by atoms with van der Waals surface area (Å²) in [6.07, 6.45) is 2.19. The lowest BCUT2D eigenvalue weighted by Crippen LogP contribution is -2.30. The van der Waals surface area contributed by atoms with Crippen molar-refractivity contribution in [3.8, 4) is 0 Å². The number of hydrogen-bond acceptors (Lipinski definition) is 2. The molecule has 0 radical (unpaired) electrons. The van der Waals surface area contributed by atoms with Crippen LogP contribution in [0.1, 0.15) is 30.7 Å². The van der Waals surface area contributed by atoms with Gasteiger partial charge in [-0.2, -0.15) is 0 Å². The lowest BCUT2D eigenvalue weighted by Gasteiger charge is -2.17. The minimum absolute atomic E-state index is 0.276. The molecule has 1 aromatic carbocycles. The highest BCUT2D eigenvalue weighted by Gasteiger charge is 2.48. The van der Waals surface area contributed by atoms with Gasteiger partial charge in [0.1, 0.15) is 0 Å². The summed E-state index contributed by atoms with van der Waals surface area (Å²) in [6, 6.07) is 10.3. The van der Waals surface area contributed by atoms with Gasteiger partial charge in [0.2, 0.25) is 0 Å². The molecule has 2 aliphatic rings. The van der Waals surface area contributed by atoms with Crippen molar-refractivity contribution in [2.45, 2.75) is 37.4 Å². The SMILES string of the molecule is OC(C1CC1)C(O)C1CC1c1ccccc1. The molecule has 3 rings (SSSR count). The van der Waals surface area contributed by atoms with Crippen molar-refractivity contribution in [2.75, 3.05) is 0 Å². The Hall–Kier alpha value is -0.860. The minimum atomic E-state index is -0.516. The van der Waals surface area contributed by atoms with E-state index in [4.69, 9.17) is 0 Å². The van der Waals surface area contributed by atoms with Crippen LogP contribution in [-0.4, -0.2) is 22.4 Å². The predicted octanol–water partition coefficient (Wildman–Crippen LogP) is 1.92. The van der Waals surface area contributed by atoms with Gasteiger partial charge in [-0.15, -0.1) is 0 Å². The van der Waals surface area contributed by atoms with E-state index in [1.54, 1.807) is 0 Å². The van der Waals surface area contributed by atoms with Gasteiger partial charge in [0.05, 0.1) is 12.2 Å². The fourth-order valence-corrected chi connectivity index (χ4v) is 2.65. The quantitative estimate of drug-likeness (QED) is 0.810. The Bertz CT molecular complexity index is 358. The van der Waals surface area contributed by atoms with Crippen molar-refractivity contribution in [3.63, 3.8) is 0 Å². The van der Waals surface area contributed by atoms with Crippen LogP contribution >= 0.6 is 0 Å². The van der Waals surface area contributed by atoms with Crippen LogP contribution in [0.2, 0.25) is 0 Å². The van der Waals surface area contributed by atoms with Crippen LogP contribution in [0.4, 0.5) is 0 Å². The van der Waals surface area contributed by atoms with Crippen LogP contribution in [-0.2, 0) is 0 Å². The molecule has 0 heterocycles. The van der Waals surface area contributed by atoms with E-state index in [9.17, 15) is 10.2 Å². The molecule has 0 saturated heterocycles. The van der Waals surface area contributed by atoms with Crippen LogP contribution in [0.25, 0.3) is 0 Å². The van der Waals surface area contributed by atoms with Gasteiger partial charge >= 0.3 is 0 Å². The fraction of sp³-hybridized carbons (Fsp3) is 0.571. The third kappa shape index (κ3) is 1.87. The van der Waals surface area contributed by atoms with E-state index in [1.165, 1.54) is 5.56 Å². The number of benzene rings is 1. The monoisotopic (exact) mass is 218 g/mol. The smallest absolute Gasteiger partial charge is 0.0835 e. The Morgan fingerprint density at radius 2 is 1.69 bits per heavy atom. The first-order valence-corrected chi connectivity index (χ1v) is 6.18. The Kier molecular flexibility index (Phi) is 2.49. The molecule has 2 saturated carbocycles. The molecular weight excluding hydrogens is 200 g/mol. The molecule has 2 nitrogen and oxygen atoms in total. The maximum Gasteiger partial charge on any atom is 0.0835 e. The maximum absolute atomic E-state index is 10.0. The second-order valence-electron chi connectivity index (χ2n) is 5.24. The van der Waals surface area contributed by atoms with E-state index in [-0.39, 0.29) is 5.92 Å². The molecule has 2 heteroatoms. The number of aliphatic hydroxyl groups excluding tert-OH is 2. The van der Waals surface area contributed by atoms with Gasteiger partial charge in [0.15, 0.2) is 0 Å². The highest BCUT2D eigenvalue weighted by molar-refractivity contribution is 5.26. The van der Waals surface area contributed by atoms with E-state index in [1.807, 2.05) is 18.2 Å². The average Bonchev–Trinajstić information content (AvgIpc) is 3.19. The summed E-state index contributed by atoms with van der Waals surface area (Å²) in [6.45, 7) is 0. The highest BCUT2D eigenvalue weighted by Crippen LogP contribution is 2.51. The first kappa shape index (κ1) is 10.3. The van der Waals surface area contributed by atoms with Crippen molar-refractivity contribution in [3.05, 3.63) is 35.9 Å². The fourth-order valence-electron chi connectivity index (χ4n) is 2.65. The Balaban J connectivity index is 1.63. The molecule has 0 aromatic heterocycles. The summed E-state index contributed by atoms with van der Waals surface area (Å²) in [5.41, 5.74) is 1.30. The molecule has 2 fully saturated rings. The van der Waals surface area contributed by atoms with Crippen molar-refractivity contribution in [1.82, 2.24) is 0 Å². The summed E-state index contributed by atoms with van der Waals surface area (Å²) < 4.78 is 0. The predicted molar refractivity (Wildman–Crippen MR) is 62.0 cm³/mol. The maximum atomic E-state index is 10.0. The first-order valence-electron chi connectivity index (χ1n) is 6.18. The molecule has 0 spiro atoms. The van der Waals surface area contributed by atoms with Crippen LogP contribution in [0, 0.1) is 11.8 Å². The highest BCUT2D eigenvalue weighted by atomic mass is 16.3. The Morgan fingerprint density at radius 3 is 2.31 bits per heavy atom. The molecule has 4 unspecified atom stereocenters. The van der Waals surface area contributed by atoms with Gasteiger partial charge in [-0.25, -0.2) is 0 Å². The van der Waals surface area contributed by atoms with E-state index in [0.29, 0.717) is 11.8 Å². The second-order valence-corrected chi connectivity index (χ2v) is 5.24. The van der Waals surface area contributed by atoms with E-state index in [2.05, 4.69) is 12.1 Å². The van der Waals surface area contributed by atoms with Gasteiger partial charge in [-0.1, -0.05) is 30.3 Å². The van der Waals surface area contributed by atoms with E-state index < -0.39 is 12.2 Å². The largest absolute Gasteiger partial charge is 0.390 e. The van der Waals surface area contributed by atoms with Gasteiger partial charge < -0.3 is 10.2 Å². The van der Waals surface area contributed by atoms with Crippen LogP contribution in [0.15, 0.2) is 30.3 Å². The second kappa shape index (κ2) is 3.86. The van der Waals surface area contributed by atoms with Gasteiger partial charge in [-0.3, -0.25) is 0 Å². The Morgan fingerprint density at radius 1 is 1.00 bits per heavy atom. The summed E-state index contributed by atoms with van der Waals surface area (Å²) in [5.74, 6) is 1.11. The van der Waals surface area contributed by atoms with Gasteiger partial charge in [0.25, 0.3) is 0 Å². The molecule has 2 N–H and O–H groups in total. The summed E-state index contributed by atoms with van der Waals surface area (Å²) >= 11 is 0. The zero-order valence-electron chi connectivity index (χ0n) is 9.29. The lowest BCUT2D eigenvalue weighted by atomic mass is 10.0. The van der Waals surface area contributed by atoms with Crippen LogP contribution in [0.5, 0.6) is 0 Å². The van der Waals surface area contributed by atoms with Crippen molar-refractivity contribution in [2.24, 2.45) is 11.8 Å². The summed E-state index contributed by atoms with van der Waals surface area (Å²) in [5, 5.41) is 19.9. The number of hydrogen-bond donors (Lipinski definition) is 2. The van der Waals surface area contributed by atoms with Crippen molar-refractivity contribution < 1.29 is 10.2 Å². The first-order chi connectivity index (χ1) is 7.77. The third-order valence-corrected chi connectivity index (χ3v) is 3.96.